The molecule has 2 aromatic rings. The molecule has 0 unspecified atom stereocenters. The quantitative estimate of drug-likeness (QED) is 0.526. The molecule has 11 heteroatoms. The van der Waals surface area contributed by atoms with E-state index in [9.17, 15) is 4.79 Å². The second-order valence-electron chi connectivity index (χ2n) is 10.1. The molecule has 0 spiro atoms. The molecule has 1 saturated carbocycles. The fourth-order valence-corrected chi connectivity index (χ4v) is 5.14. The lowest BCUT2D eigenvalue weighted by Gasteiger charge is -2.46. The minimum Gasteiger partial charge on any atom is -0.481 e. The average Bonchev–Trinajstić information content (AvgIpc) is 3.29. The lowest BCUT2D eigenvalue weighted by molar-refractivity contribution is -0.163. The van der Waals surface area contributed by atoms with Crippen LogP contribution in [0.15, 0.2) is 12.7 Å². The van der Waals surface area contributed by atoms with Crippen LogP contribution in [0.5, 0.6) is 0 Å². The van der Waals surface area contributed by atoms with Crippen molar-refractivity contribution < 1.29 is 24.1 Å². The summed E-state index contributed by atoms with van der Waals surface area (Å²) < 4.78 is 20.5. The van der Waals surface area contributed by atoms with Crippen molar-refractivity contribution >= 4 is 23.0 Å². The highest BCUT2D eigenvalue weighted by molar-refractivity contribution is 5.81. The Balaban J connectivity index is 1.52. The molecular weight excluding hydrogens is 440 g/mol. The molecule has 2 fully saturated rings. The number of nitrogen functional groups attached to an aromatic ring is 1. The molecule has 2 aromatic heterocycles. The van der Waals surface area contributed by atoms with E-state index in [2.05, 4.69) is 33.7 Å². The summed E-state index contributed by atoms with van der Waals surface area (Å²) in [5.41, 5.74) is 7.09. The van der Waals surface area contributed by atoms with Crippen LogP contribution in [0, 0.1) is 5.92 Å². The Morgan fingerprint density at radius 2 is 2.06 bits per heavy atom. The van der Waals surface area contributed by atoms with Gasteiger partial charge in [-0.1, -0.05) is 0 Å². The molecule has 0 aromatic carbocycles. The topological polar surface area (TPSA) is 138 Å². The van der Waals surface area contributed by atoms with Gasteiger partial charge < -0.3 is 25.1 Å². The first kappa shape index (κ1) is 24.8. The molecule has 188 valence electrons. The summed E-state index contributed by atoms with van der Waals surface area (Å²) in [6.45, 7) is 8.78. The third-order valence-corrected chi connectivity index (χ3v) is 6.94. The van der Waals surface area contributed by atoms with E-state index in [4.69, 9.17) is 25.1 Å². The smallest absolute Gasteiger partial charge is 0.303 e. The largest absolute Gasteiger partial charge is 0.481 e. The normalized spacial score (nSPS) is 27.4. The van der Waals surface area contributed by atoms with Crippen LogP contribution in [0.3, 0.4) is 0 Å². The van der Waals surface area contributed by atoms with E-state index < -0.39 is 24.1 Å². The fraction of sp³-hybridized carbons (Fsp3) is 0.739. The van der Waals surface area contributed by atoms with E-state index in [1.54, 1.807) is 13.4 Å². The van der Waals surface area contributed by atoms with Gasteiger partial charge in [-0.2, -0.15) is 0 Å². The number of ether oxygens (including phenoxy) is 3. The summed E-state index contributed by atoms with van der Waals surface area (Å²) in [5, 5.41) is 8.97. The highest BCUT2D eigenvalue weighted by Gasteiger charge is 2.48. The number of hydrogen-bond donors (Lipinski definition) is 2. The van der Waals surface area contributed by atoms with Gasteiger partial charge in [-0.25, -0.2) is 15.0 Å². The van der Waals surface area contributed by atoms with Gasteiger partial charge in [-0.15, -0.1) is 0 Å². The zero-order valence-electron chi connectivity index (χ0n) is 20.5. The highest BCUT2D eigenvalue weighted by atomic mass is 16.8. The number of carbonyl (C=O) groups is 1. The number of anilines is 1. The summed E-state index contributed by atoms with van der Waals surface area (Å²) >= 11 is 0. The summed E-state index contributed by atoms with van der Waals surface area (Å²) in [7, 11) is 1.69. The Kier molecular flexibility index (Phi) is 7.09. The van der Waals surface area contributed by atoms with Crippen LogP contribution in [0.4, 0.5) is 5.82 Å². The summed E-state index contributed by atoms with van der Waals surface area (Å²) in [4.78, 5) is 26.1. The number of aliphatic carboxylic acids is 1. The van der Waals surface area contributed by atoms with Gasteiger partial charge in [0.1, 0.15) is 24.1 Å². The number of carboxylic acids is 1. The lowest BCUT2D eigenvalue weighted by atomic mass is 9.76. The van der Waals surface area contributed by atoms with Crippen LogP contribution >= 0.6 is 0 Å². The van der Waals surface area contributed by atoms with Crippen LogP contribution in [0.1, 0.15) is 59.6 Å². The van der Waals surface area contributed by atoms with Gasteiger partial charge in [0.05, 0.1) is 6.33 Å². The van der Waals surface area contributed by atoms with Crippen molar-refractivity contribution in [2.24, 2.45) is 5.92 Å². The third-order valence-electron chi connectivity index (χ3n) is 6.94. The molecule has 3 N–H and O–H groups in total. The fourth-order valence-electron chi connectivity index (χ4n) is 5.14. The third kappa shape index (κ3) is 5.02. The van der Waals surface area contributed by atoms with Crippen molar-refractivity contribution in [3.63, 3.8) is 0 Å². The number of methoxy groups -OCH3 is 1. The van der Waals surface area contributed by atoms with Gasteiger partial charge in [0.2, 0.25) is 0 Å². The first-order chi connectivity index (χ1) is 16.1. The molecule has 1 aliphatic carbocycles. The predicted octanol–water partition coefficient (Wildman–Crippen LogP) is 2.43. The first-order valence-electron chi connectivity index (χ1n) is 11.9. The van der Waals surface area contributed by atoms with Crippen molar-refractivity contribution in [2.45, 2.75) is 89.7 Å². The maximum Gasteiger partial charge on any atom is 0.303 e. The molecule has 0 bridgehead atoms. The summed E-state index contributed by atoms with van der Waals surface area (Å²) in [6.07, 6.45) is 4.86. The number of rotatable bonds is 10. The highest BCUT2D eigenvalue weighted by Crippen LogP contribution is 2.40. The van der Waals surface area contributed by atoms with Crippen LogP contribution in [-0.2, 0) is 19.0 Å². The van der Waals surface area contributed by atoms with Crippen LogP contribution in [0.25, 0.3) is 11.2 Å². The Hall–Kier alpha value is -2.34. The SMILES string of the molecule is CO[C@H](CN(C(C)C)[C@H]1C[C@@H](CCC(=O)O)C1)[C@H]1OC(C)(C)O[C@H]1n1cnc2c(N)ncnc21. The number of nitrogens with zero attached hydrogens (tertiary/aromatic N) is 5. The van der Waals surface area contributed by atoms with Gasteiger partial charge in [-0.05, 0) is 52.9 Å². The van der Waals surface area contributed by atoms with Crippen molar-refractivity contribution in [1.82, 2.24) is 24.4 Å². The molecule has 0 amide bonds. The van der Waals surface area contributed by atoms with Crippen molar-refractivity contribution in [1.29, 1.82) is 0 Å². The first-order valence-corrected chi connectivity index (χ1v) is 11.9. The Labute approximate surface area is 199 Å². The van der Waals surface area contributed by atoms with E-state index in [0.29, 0.717) is 41.5 Å². The monoisotopic (exact) mass is 476 g/mol. The number of fused-ring (bicyclic) bond motifs is 1. The minimum absolute atomic E-state index is 0.233. The van der Waals surface area contributed by atoms with Gasteiger partial charge >= 0.3 is 5.97 Å². The molecule has 34 heavy (non-hydrogen) atoms. The van der Waals surface area contributed by atoms with E-state index >= 15 is 0 Å². The van der Waals surface area contributed by atoms with Gasteiger partial charge in [-0.3, -0.25) is 14.3 Å². The Morgan fingerprint density at radius 3 is 2.71 bits per heavy atom. The zero-order chi connectivity index (χ0) is 24.6. The second kappa shape index (κ2) is 9.73. The van der Waals surface area contributed by atoms with E-state index in [-0.39, 0.29) is 12.5 Å². The number of nitrogens with two attached hydrogens (primary N) is 1. The molecule has 1 saturated heterocycles. The molecule has 2 aliphatic rings. The van der Waals surface area contributed by atoms with Crippen LogP contribution in [0.2, 0.25) is 0 Å². The maximum atomic E-state index is 10.9. The van der Waals surface area contributed by atoms with E-state index in [0.717, 1.165) is 19.3 Å². The zero-order valence-corrected chi connectivity index (χ0v) is 20.5. The number of hydrogen-bond acceptors (Lipinski definition) is 9. The number of carboxylic acid groups (broad SMARTS) is 1. The summed E-state index contributed by atoms with van der Waals surface area (Å²) in [5.74, 6) is -0.768. The molecule has 4 rings (SSSR count). The molecule has 3 atom stereocenters. The van der Waals surface area contributed by atoms with Crippen molar-refractivity contribution in [3.8, 4) is 0 Å². The molecular formula is C23H36N6O5. The van der Waals surface area contributed by atoms with Gasteiger partial charge in [0, 0.05) is 32.2 Å². The lowest BCUT2D eigenvalue weighted by Crippen LogP contribution is -2.53. The standard InChI is InChI=1S/C23H36N6O5/c1-13(2)28(15-8-14(9-15)6-7-17(30)31)10-16(32-5)19-22(34-23(3,4)33-19)29-12-27-18-20(24)25-11-26-21(18)29/h11-16,19,22H,6-10H2,1-5H3,(H,30,31)(H2,24,25,26)/t14-,15+,16-,19-,22-/m1/s1. The maximum absolute atomic E-state index is 10.9. The van der Waals surface area contributed by atoms with Crippen LogP contribution < -0.4 is 5.73 Å². The van der Waals surface area contributed by atoms with Crippen molar-refractivity contribution in [3.05, 3.63) is 12.7 Å². The summed E-state index contributed by atoms with van der Waals surface area (Å²) in [6, 6.07) is 0.699. The molecule has 0 radical (unpaired) electrons. The van der Waals surface area contributed by atoms with E-state index in [1.807, 2.05) is 18.4 Å². The molecule has 1 aliphatic heterocycles. The van der Waals surface area contributed by atoms with Gasteiger partial charge in [0.25, 0.3) is 0 Å². The Morgan fingerprint density at radius 1 is 1.32 bits per heavy atom. The number of imidazole rings is 1. The minimum atomic E-state index is -0.817. The van der Waals surface area contributed by atoms with Crippen LogP contribution in [-0.4, -0.2) is 79.2 Å². The van der Waals surface area contributed by atoms with Crippen molar-refractivity contribution in [2.75, 3.05) is 19.4 Å². The van der Waals surface area contributed by atoms with E-state index in [1.165, 1.54) is 6.33 Å². The predicted molar refractivity (Wildman–Crippen MR) is 125 cm³/mol. The average molecular weight is 477 g/mol. The molecule has 11 nitrogen and oxygen atoms in total. The number of aromatic nitrogens is 4. The molecule has 3 heterocycles. The second-order valence-corrected chi connectivity index (χ2v) is 10.1. The van der Waals surface area contributed by atoms with Gasteiger partial charge in [0.15, 0.2) is 23.5 Å². The Bertz CT molecular complexity index is 1000.